The van der Waals surface area contributed by atoms with E-state index < -0.39 is 5.54 Å². The number of hydrogen-bond donors (Lipinski definition) is 2. The van der Waals surface area contributed by atoms with E-state index >= 15 is 0 Å². The van der Waals surface area contributed by atoms with Crippen molar-refractivity contribution in [3.63, 3.8) is 0 Å². The van der Waals surface area contributed by atoms with E-state index in [0.717, 1.165) is 19.3 Å². The van der Waals surface area contributed by atoms with Crippen molar-refractivity contribution in [1.29, 1.82) is 0 Å². The minimum Gasteiger partial charge on any atom is -0.357 e. The second-order valence-electron chi connectivity index (χ2n) is 7.28. The van der Waals surface area contributed by atoms with Crippen LogP contribution in [-0.4, -0.2) is 30.2 Å². The minimum absolute atomic E-state index is 0.0757. The molecule has 0 spiro atoms. The number of thioether (sulfide) groups is 1. The summed E-state index contributed by atoms with van der Waals surface area (Å²) >= 11 is 1.60. The van der Waals surface area contributed by atoms with Gasteiger partial charge in [0.1, 0.15) is 5.54 Å². The third kappa shape index (κ3) is 4.96. The molecule has 0 heterocycles. The summed E-state index contributed by atoms with van der Waals surface area (Å²) in [7, 11) is 1.64. The first-order valence-corrected chi connectivity index (χ1v) is 10.9. The number of carbonyl (C=O) groups excluding carboxylic acids is 2. The lowest BCUT2D eigenvalue weighted by molar-refractivity contribution is -0.133. The summed E-state index contributed by atoms with van der Waals surface area (Å²) in [5, 5.41) is 5.89. The number of carbonyl (C=O) groups is 2. The first-order valence-electron chi connectivity index (χ1n) is 9.89. The highest BCUT2D eigenvalue weighted by Crippen LogP contribution is 2.35. The molecule has 2 amide bonds. The molecule has 1 fully saturated rings. The van der Waals surface area contributed by atoms with Gasteiger partial charge in [0.25, 0.3) is 0 Å². The Morgan fingerprint density at radius 3 is 1.96 bits per heavy atom. The fourth-order valence-corrected chi connectivity index (χ4v) is 5.00. The van der Waals surface area contributed by atoms with Crippen molar-refractivity contribution >= 4 is 23.6 Å². The van der Waals surface area contributed by atoms with Gasteiger partial charge in [-0.2, -0.15) is 0 Å². The third-order valence-electron chi connectivity index (χ3n) is 5.33. The van der Waals surface area contributed by atoms with E-state index in [9.17, 15) is 9.59 Å². The van der Waals surface area contributed by atoms with Gasteiger partial charge < -0.3 is 10.6 Å². The van der Waals surface area contributed by atoms with Crippen molar-refractivity contribution in [3.8, 4) is 0 Å². The third-order valence-corrected chi connectivity index (χ3v) is 6.64. The summed E-state index contributed by atoms with van der Waals surface area (Å²) in [6, 6.07) is 20.5. The van der Waals surface area contributed by atoms with E-state index in [1.165, 1.54) is 11.1 Å². The minimum atomic E-state index is -0.750. The summed E-state index contributed by atoms with van der Waals surface area (Å²) in [6.45, 7) is 0. The molecule has 1 aliphatic rings. The predicted molar refractivity (Wildman–Crippen MR) is 115 cm³/mol. The van der Waals surface area contributed by atoms with Crippen molar-refractivity contribution in [2.24, 2.45) is 0 Å². The molecule has 3 rings (SSSR count). The normalized spacial score (nSPS) is 15.8. The topological polar surface area (TPSA) is 58.2 Å². The van der Waals surface area contributed by atoms with Gasteiger partial charge >= 0.3 is 0 Å². The van der Waals surface area contributed by atoms with Crippen LogP contribution in [0.1, 0.15) is 48.5 Å². The van der Waals surface area contributed by atoms with Gasteiger partial charge in [-0.25, -0.2) is 0 Å². The lowest BCUT2D eigenvalue weighted by atomic mass is 9.81. The lowest BCUT2D eigenvalue weighted by Crippen LogP contribution is -2.59. The van der Waals surface area contributed by atoms with E-state index in [1.807, 2.05) is 36.4 Å². The van der Waals surface area contributed by atoms with Gasteiger partial charge in [-0.1, -0.05) is 79.9 Å². The molecule has 0 unspecified atom stereocenters. The largest absolute Gasteiger partial charge is 0.357 e. The number of amides is 2. The molecule has 148 valence electrons. The maximum absolute atomic E-state index is 12.8. The summed E-state index contributed by atoms with van der Waals surface area (Å²) < 4.78 is 0. The highest BCUT2D eigenvalue weighted by Gasteiger charge is 2.40. The van der Waals surface area contributed by atoms with Crippen molar-refractivity contribution < 1.29 is 9.59 Å². The number of benzene rings is 2. The van der Waals surface area contributed by atoms with E-state index in [1.54, 1.807) is 18.8 Å². The molecule has 5 heteroatoms. The molecular weight excluding hydrogens is 368 g/mol. The first-order chi connectivity index (χ1) is 13.6. The molecule has 1 saturated carbocycles. The zero-order chi connectivity index (χ0) is 19.8. The molecule has 0 atom stereocenters. The van der Waals surface area contributed by atoms with Crippen LogP contribution in [0.25, 0.3) is 0 Å². The van der Waals surface area contributed by atoms with E-state index in [4.69, 9.17) is 0 Å². The monoisotopic (exact) mass is 396 g/mol. The average molecular weight is 397 g/mol. The lowest BCUT2D eigenvalue weighted by Gasteiger charge is -2.36. The highest BCUT2D eigenvalue weighted by molar-refractivity contribution is 8.00. The SMILES string of the molecule is CNC(=O)C1(NC(=O)CSC(c2ccccc2)c2ccccc2)CCCCC1. The van der Waals surface area contributed by atoms with Crippen LogP contribution in [0, 0.1) is 0 Å². The Morgan fingerprint density at radius 2 is 1.46 bits per heavy atom. The Hall–Kier alpha value is -2.27. The fraction of sp³-hybridized carbons (Fsp3) is 0.391. The number of rotatable bonds is 7. The van der Waals surface area contributed by atoms with Crippen LogP contribution >= 0.6 is 11.8 Å². The molecule has 0 aliphatic heterocycles. The molecule has 0 aromatic heterocycles. The summed E-state index contributed by atoms with van der Waals surface area (Å²) in [6.07, 6.45) is 4.48. The standard InChI is InChI=1S/C23H28N2O2S/c1-24-22(27)23(15-9-4-10-16-23)25-20(26)17-28-21(18-11-5-2-6-12-18)19-13-7-3-8-14-19/h2-3,5-8,11-14,21H,4,9-10,15-17H2,1H3,(H,24,27)(H,25,26). The van der Waals surface area contributed by atoms with E-state index in [-0.39, 0.29) is 17.1 Å². The smallest absolute Gasteiger partial charge is 0.245 e. The predicted octanol–water partition coefficient (Wildman–Crippen LogP) is 4.07. The fourth-order valence-electron chi connectivity index (χ4n) is 3.91. The molecule has 2 aromatic rings. The average Bonchev–Trinajstić information content (AvgIpc) is 2.75. The van der Waals surface area contributed by atoms with Crippen molar-refractivity contribution in [3.05, 3.63) is 71.8 Å². The van der Waals surface area contributed by atoms with Gasteiger partial charge in [-0.15, -0.1) is 11.8 Å². The second-order valence-corrected chi connectivity index (χ2v) is 8.38. The van der Waals surface area contributed by atoms with Crippen LogP contribution in [-0.2, 0) is 9.59 Å². The van der Waals surface area contributed by atoms with Crippen LogP contribution in [0.4, 0.5) is 0 Å². The summed E-state index contributed by atoms with van der Waals surface area (Å²) in [5.41, 5.74) is 1.59. The van der Waals surface area contributed by atoms with Crippen LogP contribution in [0.3, 0.4) is 0 Å². The number of hydrogen-bond acceptors (Lipinski definition) is 3. The molecular formula is C23H28N2O2S. The summed E-state index contributed by atoms with van der Waals surface area (Å²) in [4.78, 5) is 25.3. The van der Waals surface area contributed by atoms with Gasteiger partial charge in [0, 0.05) is 7.05 Å². The van der Waals surface area contributed by atoms with Gasteiger partial charge in [-0.3, -0.25) is 9.59 Å². The Bertz CT molecular complexity index is 734. The number of nitrogens with one attached hydrogen (secondary N) is 2. The Morgan fingerprint density at radius 1 is 0.929 bits per heavy atom. The van der Waals surface area contributed by atoms with Crippen molar-refractivity contribution in [2.75, 3.05) is 12.8 Å². The molecule has 28 heavy (non-hydrogen) atoms. The molecule has 2 aromatic carbocycles. The zero-order valence-corrected chi connectivity index (χ0v) is 17.1. The molecule has 4 nitrogen and oxygen atoms in total. The van der Waals surface area contributed by atoms with E-state index in [2.05, 4.69) is 34.9 Å². The van der Waals surface area contributed by atoms with Crippen LogP contribution in [0.5, 0.6) is 0 Å². The zero-order valence-electron chi connectivity index (χ0n) is 16.3. The highest BCUT2D eigenvalue weighted by atomic mass is 32.2. The van der Waals surface area contributed by atoms with Crippen LogP contribution in [0.2, 0.25) is 0 Å². The van der Waals surface area contributed by atoms with Crippen molar-refractivity contribution in [1.82, 2.24) is 10.6 Å². The second kappa shape index (κ2) is 9.78. The Kier molecular flexibility index (Phi) is 7.15. The maximum Gasteiger partial charge on any atom is 0.245 e. The molecule has 1 aliphatic carbocycles. The van der Waals surface area contributed by atoms with Gasteiger partial charge in [0.2, 0.25) is 11.8 Å². The van der Waals surface area contributed by atoms with Crippen LogP contribution in [0.15, 0.2) is 60.7 Å². The number of likely N-dealkylation sites (N-methyl/N-ethyl adjacent to an activating group) is 1. The van der Waals surface area contributed by atoms with Crippen LogP contribution < -0.4 is 10.6 Å². The quantitative estimate of drug-likeness (QED) is 0.742. The van der Waals surface area contributed by atoms with Crippen molar-refractivity contribution in [2.45, 2.75) is 42.9 Å². The summed E-state index contributed by atoms with van der Waals surface area (Å²) in [5.74, 6) is 0.160. The molecule has 0 saturated heterocycles. The van der Waals surface area contributed by atoms with Gasteiger partial charge in [0.05, 0.1) is 11.0 Å². The first kappa shape index (κ1) is 20.5. The molecule has 0 radical (unpaired) electrons. The maximum atomic E-state index is 12.8. The van der Waals surface area contributed by atoms with E-state index in [0.29, 0.717) is 18.6 Å². The van der Waals surface area contributed by atoms with Gasteiger partial charge in [0.15, 0.2) is 0 Å². The molecule has 0 bridgehead atoms. The Labute approximate surface area is 171 Å². The molecule has 2 N–H and O–H groups in total. The van der Waals surface area contributed by atoms with Gasteiger partial charge in [-0.05, 0) is 24.0 Å². The Balaban J connectivity index is 1.70.